The summed E-state index contributed by atoms with van der Waals surface area (Å²) in [5.41, 5.74) is 4.54. The minimum atomic E-state index is -0.948. The Bertz CT molecular complexity index is 1060. The molecule has 0 saturated carbocycles. The van der Waals surface area contributed by atoms with E-state index in [4.69, 9.17) is 5.11 Å². The molecule has 1 heterocycles. The second-order valence-corrected chi connectivity index (χ2v) is 8.96. The van der Waals surface area contributed by atoms with Gasteiger partial charge in [0.25, 0.3) is 5.91 Å². The normalized spacial score (nSPS) is 10.9. The van der Waals surface area contributed by atoms with Gasteiger partial charge in [0.2, 0.25) is 0 Å². The van der Waals surface area contributed by atoms with Crippen molar-refractivity contribution in [2.24, 2.45) is 5.92 Å². The molecule has 174 valence electrons. The van der Waals surface area contributed by atoms with E-state index in [-0.39, 0.29) is 12.3 Å². The molecule has 0 bridgehead atoms. The Morgan fingerprint density at radius 2 is 1.79 bits per heavy atom. The first kappa shape index (κ1) is 24.5. The standard InChI is InChI=1S/C26H31N3O3S/c1-3-18(4-2)9-12-20-7-5-6-8-23(20)27-16-19-10-13-21(14-11-19)25(32)29-26-28-22(17-33-26)15-24(30)31/h5-8,10-11,13-14,17-18,27H,3-4,9,12,15-16H2,1-2H3,(H,30,31)(H,28,29,32). The van der Waals surface area contributed by atoms with Gasteiger partial charge < -0.3 is 10.4 Å². The summed E-state index contributed by atoms with van der Waals surface area (Å²) in [6.45, 7) is 5.20. The maximum absolute atomic E-state index is 12.5. The minimum absolute atomic E-state index is 0.158. The van der Waals surface area contributed by atoms with Gasteiger partial charge >= 0.3 is 5.97 Å². The molecule has 3 aromatic rings. The number of nitrogens with zero attached hydrogens (tertiary/aromatic N) is 1. The number of thiazole rings is 1. The summed E-state index contributed by atoms with van der Waals surface area (Å²) in [7, 11) is 0. The number of hydrogen-bond acceptors (Lipinski definition) is 5. The van der Waals surface area contributed by atoms with Crippen molar-refractivity contribution in [3.05, 3.63) is 76.3 Å². The van der Waals surface area contributed by atoms with Crippen molar-refractivity contribution in [3.63, 3.8) is 0 Å². The molecule has 1 aromatic heterocycles. The first-order valence-corrected chi connectivity index (χ1v) is 12.2. The van der Waals surface area contributed by atoms with Gasteiger partial charge in [0, 0.05) is 23.2 Å². The van der Waals surface area contributed by atoms with Gasteiger partial charge in [-0.25, -0.2) is 4.98 Å². The molecule has 2 aromatic carbocycles. The first-order valence-electron chi connectivity index (χ1n) is 11.4. The summed E-state index contributed by atoms with van der Waals surface area (Å²) in [6, 6.07) is 15.9. The topological polar surface area (TPSA) is 91.3 Å². The Balaban J connectivity index is 1.55. The summed E-state index contributed by atoms with van der Waals surface area (Å²) < 4.78 is 0. The monoisotopic (exact) mass is 465 g/mol. The number of carbonyl (C=O) groups excluding carboxylic acids is 1. The molecule has 1 amide bonds. The SMILES string of the molecule is CCC(CC)CCc1ccccc1NCc1ccc(C(=O)Nc2nc(CC(=O)O)cs2)cc1. The molecule has 0 unspecified atom stereocenters. The van der Waals surface area contributed by atoms with E-state index in [1.807, 2.05) is 12.1 Å². The van der Waals surface area contributed by atoms with Crippen LogP contribution in [0.4, 0.5) is 10.8 Å². The van der Waals surface area contributed by atoms with Crippen LogP contribution in [0.25, 0.3) is 0 Å². The van der Waals surface area contributed by atoms with Crippen LogP contribution in [0.3, 0.4) is 0 Å². The van der Waals surface area contributed by atoms with Crippen molar-refractivity contribution in [2.75, 3.05) is 10.6 Å². The number of rotatable bonds is 12. The average molecular weight is 466 g/mol. The van der Waals surface area contributed by atoms with Crippen LogP contribution >= 0.6 is 11.3 Å². The lowest BCUT2D eigenvalue weighted by Gasteiger charge is -2.15. The van der Waals surface area contributed by atoms with Crippen molar-refractivity contribution in [1.29, 1.82) is 0 Å². The van der Waals surface area contributed by atoms with Gasteiger partial charge in [-0.05, 0) is 48.1 Å². The van der Waals surface area contributed by atoms with Crippen molar-refractivity contribution in [1.82, 2.24) is 4.98 Å². The fourth-order valence-electron chi connectivity index (χ4n) is 3.71. The predicted molar refractivity (Wildman–Crippen MR) is 134 cm³/mol. The highest BCUT2D eigenvalue weighted by molar-refractivity contribution is 7.14. The lowest BCUT2D eigenvalue weighted by molar-refractivity contribution is -0.136. The molecular formula is C26H31N3O3S. The minimum Gasteiger partial charge on any atom is -0.481 e. The molecule has 0 aliphatic carbocycles. The summed E-state index contributed by atoms with van der Waals surface area (Å²) in [6.07, 6.45) is 4.55. The number of aliphatic carboxylic acids is 1. The molecule has 0 atom stereocenters. The van der Waals surface area contributed by atoms with E-state index >= 15 is 0 Å². The highest BCUT2D eigenvalue weighted by Gasteiger charge is 2.11. The van der Waals surface area contributed by atoms with Crippen molar-refractivity contribution >= 4 is 34.0 Å². The zero-order valence-electron chi connectivity index (χ0n) is 19.1. The van der Waals surface area contributed by atoms with Gasteiger partial charge in [-0.2, -0.15) is 0 Å². The number of benzene rings is 2. The first-order chi connectivity index (χ1) is 16.0. The maximum Gasteiger partial charge on any atom is 0.309 e. The highest BCUT2D eigenvalue weighted by atomic mass is 32.1. The molecule has 0 radical (unpaired) electrons. The molecule has 33 heavy (non-hydrogen) atoms. The van der Waals surface area contributed by atoms with Gasteiger partial charge in [0.05, 0.1) is 12.1 Å². The molecule has 0 spiro atoms. The van der Waals surface area contributed by atoms with Crippen LogP contribution in [-0.2, 0) is 24.2 Å². The second kappa shape index (κ2) is 12.2. The van der Waals surface area contributed by atoms with E-state index in [1.54, 1.807) is 17.5 Å². The molecule has 3 rings (SSSR count). The van der Waals surface area contributed by atoms with Gasteiger partial charge in [0.15, 0.2) is 5.13 Å². The van der Waals surface area contributed by atoms with Crippen LogP contribution in [0.5, 0.6) is 0 Å². The number of carboxylic acid groups (broad SMARTS) is 1. The lowest BCUT2D eigenvalue weighted by atomic mass is 9.94. The summed E-state index contributed by atoms with van der Waals surface area (Å²) in [5.74, 6) is -0.446. The largest absolute Gasteiger partial charge is 0.481 e. The third kappa shape index (κ3) is 7.43. The average Bonchev–Trinajstić information content (AvgIpc) is 3.25. The Labute approximate surface area is 199 Å². The zero-order chi connectivity index (χ0) is 23.6. The van der Waals surface area contributed by atoms with E-state index in [0.717, 1.165) is 23.6 Å². The quantitative estimate of drug-likeness (QED) is 0.305. The maximum atomic E-state index is 12.5. The van der Waals surface area contributed by atoms with Gasteiger partial charge in [-0.15, -0.1) is 11.3 Å². The van der Waals surface area contributed by atoms with Crippen LogP contribution in [0.15, 0.2) is 53.9 Å². The summed E-state index contributed by atoms with van der Waals surface area (Å²) in [4.78, 5) is 27.4. The van der Waals surface area contributed by atoms with Crippen molar-refractivity contribution in [2.45, 2.75) is 52.5 Å². The molecule has 0 saturated heterocycles. The number of amides is 1. The third-order valence-corrected chi connectivity index (χ3v) is 6.60. The summed E-state index contributed by atoms with van der Waals surface area (Å²) in [5, 5.41) is 17.1. The number of nitrogens with one attached hydrogen (secondary N) is 2. The Morgan fingerprint density at radius 3 is 2.48 bits per heavy atom. The van der Waals surface area contributed by atoms with Crippen LogP contribution in [0.1, 0.15) is 60.3 Å². The van der Waals surface area contributed by atoms with Crippen molar-refractivity contribution in [3.8, 4) is 0 Å². The Morgan fingerprint density at radius 1 is 1.06 bits per heavy atom. The Kier molecular flexibility index (Phi) is 9.01. The number of para-hydroxylation sites is 1. The predicted octanol–water partition coefficient (Wildman–Crippen LogP) is 6.00. The van der Waals surface area contributed by atoms with Crippen LogP contribution in [0, 0.1) is 5.92 Å². The number of carbonyl (C=O) groups is 2. The zero-order valence-corrected chi connectivity index (χ0v) is 20.0. The van der Waals surface area contributed by atoms with E-state index in [0.29, 0.717) is 22.9 Å². The molecule has 7 heteroatoms. The van der Waals surface area contributed by atoms with E-state index in [9.17, 15) is 9.59 Å². The number of anilines is 2. The van der Waals surface area contributed by atoms with Crippen molar-refractivity contribution < 1.29 is 14.7 Å². The van der Waals surface area contributed by atoms with E-state index in [1.165, 1.54) is 36.2 Å². The number of aromatic nitrogens is 1. The van der Waals surface area contributed by atoms with Gasteiger partial charge in [0.1, 0.15) is 0 Å². The fraction of sp³-hybridized carbons (Fsp3) is 0.346. The van der Waals surface area contributed by atoms with Gasteiger partial charge in [-0.1, -0.05) is 57.0 Å². The number of hydrogen-bond donors (Lipinski definition) is 3. The highest BCUT2D eigenvalue weighted by Crippen LogP contribution is 2.22. The fourth-order valence-corrected chi connectivity index (χ4v) is 4.41. The van der Waals surface area contributed by atoms with Gasteiger partial charge in [-0.3, -0.25) is 14.9 Å². The number of aryl methyl sites for hydroxylation is 1. The molecule has 6 nitrogen and oxygen atoms in total. The van der Waals surface area contributed by atoms with Crippen LogP contribution in [0.2, 0.25) is 0 Å². The Hall–Kier alpha value is -3.19. The molecule has 0 aliphatic rings. The number of carboxylic acids is 1. The molecule has 3 N–H and O–H groups in total. The van der Waals surface area contributed by atoms with E-state index in [2.05, 4.69) is 53.7 Å². The molecule has 0 fully saturated rings. The smallest absolute Gasteiger partial charge is 0.309 e. The third-order valence-electron chi connectivity index (χ3n) is 5.80. The molecular weight excluding hydrogens is 434 g/mol. The van der Waals surface area contributed by atoms with E-state index < -0.39 is 5.97 Å². The van der Waals surface area contributed by atoms with Crippen LogP contribution in [-0.4, -0.2) is 22.0 Å². The second-order valence-electron chi connectivity index (χ2n) is 8.10. The lowest BCUT2D eigenvalue weighted by Crippen LogP contribution is -2.12. The van der Waals surface area contributed by atoms with Crippen LogP contribution < -0.4 is 10.6 Å². The molecule has 0 aliphatic heterocycles. The summed E-state index contributed by atoms with van der Waals surface area (Å²) >= 11 is 1.22.